The normalized spacial score (nSPS) is 20.7. The number of hydrogen-bond donors (Lipinski definition) is 3. The molecule has 1 aliphatic heterocycles. The third-order valence-corrected chi connectivity index (χ3v) is 5.42. The molecular weight excluding hydrogens is 336 g/mol. The third-order valence-electron chi connectivity index (χ3n) is 5.42. The summed E-state index contributed by atoms with van der Waals surface area (Å²) < 4.78 is 0. The topological polar surface area (TPSA) is 102 Å². The van der Waals surface area contributed by atoms with Crippen molar-refractivity contribution in [1.82, 2.24) is 20.4 Å². The first kappa shape index (κ1) is 20.6. The van der Waals surface area contributed by atoms with Gasteiger partial charge in [0.15, 0.2) is 0 Å². The number of amides is 4. The van der Waals surface area contributed by atoms with Gasteiger partial charge < -0.3 is 15.3 Å². The summed E-state index contributed by atoms with van der Waals surface area (Å²) in [6, 6.07) is -0.912. The van der Waals surface area contributed by atoms with Crippen LogP contribution in [-0.4, -0.2) is 77.6 Å². The smallest absolute Gasteiger partial charge is 0.321 e. The number of hydrogen-bond acceptors (Lipinski definition) is 5. The van der Waals surface area contributed by atoms with Crippen molar-refractivity contribution in [2.24, 2.45) is 0 Å². The molecular formula is C18H32N4O4. The molecule has 26 heavy (non-hydrogen) atoms. The number of rotatable bonds is 5. The molecule has 1 unspecified atom stereocenters. The number of carbonyl (C=O) groups excluding carboxylic acids is 3. The van der Waals surface area contributed by atoms with Crippen molar-refractivity contribution in [3.05, 3.63) is 0 Å². The van der Waals surface area contributed by atoms with Crippen LogP contribution in [0.1, 0.15) is 51.9 Å². The van der Waals surface area contributed by atoms with E-state index in [0.717, 1.165) is 25.7 Å². The van der Waals surface area contributed by atoms with E-state index in [1.165, 1.54) is 6.42 Å². The second-order valence-corrected chi connectivity index (χ2v) is 7.50. The highest BCUT2D eigenvalue weighted by Gasteiger charge is 2.26. The summed E-state index contributed by atoms with van der Waals surface area (Å²) >= 11 is 0. The highest BCUT2D eigenvalue weighted by Crippen LogP contribution is 2.17. The van der Waals surface area contributed by atoms with Crippen LogP contribution in [0.25, 0.3) is 0 Å². The molecule has 0 aromatic heterocycles. The van der Waals surface area contributed by atoms with Crippen LogP contribution >= 0.6 is 0 Å². The van der Waals surface area contributed by atoms with Gasteiger partial charge in [0.05, 0.1) is 18.7 Å². The molecule has 2 aliphatic rings. The predicted octanol–water partition coefficient (Wildman–Crippen LogP) is 0.449. The number of aliphatic hydroxyl groups is 1. The molecule has 1 heterocycles. The fraction of sp³-hybridized carbons (Fsp3) is 0.833. The maximum Gasteiger partial charge on any atom is 0.321 e. The molecule has 0 radical (unpaired) electrons. The Hall–Kier alpha value is -1.67. The van der Waals surface area contributed by atoms with Crippen molar-refractivity contribution >= 4 is 17.8 Å². The third kappa shape index (κ3) is 6.25. The largest absolute Gasteiger partial charge is 0.393 e. The molecule has 0 aromatic carbocycles. The van der Waals surface area contributed by atoms with E-state index in [1.807, 2.05) is 0 Å². The Bertz CT molecular complexity index is 499. The Morgan fingerprint density at radius 1 is 1.12 bits per heavy atom. The molecule has 1 atom stereocenters. The fourth-order valence-electron chi connectivity index (χ4n) is 3.45. The molecule has 8 nitrogen and oxygen atoms in total. The summed E-state index contributed by atoms with van der Waals surface area (Å²) in [4.78, 5) is 39.9. The summed E-state index contributed by atoms with van der Waals surface area (Å²) in [6.07, 6.45) is 6.17. The maximum atomic E-state index is 12.3. The average Bonchev–Trinajstić information content (AvgIpc) is 2.62. The lowest BCUT2D eigenvalue weighted by Gasteiger charge is -2.32. The van der Waals surface area contributed by atoms with Crippen LogP contribution in [0.15, 0.2) is 0 Å². The van der Waals surface area contributed by atoms with Crippen LogP contribution in [0, 0.1) is 0 Å². The van der Waals surface area contributed by atoms with Gasteiger partial charge in [-0.05, 0) is 39.7 Å². The Labute approximate surface area is 155 Å². The molecule has 3 N–H and O–H groups in total. The van der Waals surface area contributed by atoms with Gasteiger partial charge in [-0.25, -0.2) is 4.79 Å². The fourth-order valence-corrected chi connectivity index (χ4v) is 3.45. The molecule has 0 aromatic rings. The van der Waals surface area contributed by atoms with Gasteiger partial charge in [0.1, 0.15) is 0 Å². The summed E-state index contributed by atoms with van der Waals surface area (Å²) in [6.45, 7) is 2.86. The molecule has 1 aliphatic carbocycles. The Morgan fingerprint density at radius 2 is 1.73 bits per heavy atom. The average molecular weight is 368 g/mol. The van der Waals surface area contributed by atoms with Crippen molar-refractivity contribution in [1.29, 1.82) is 0 Å². The molecule has 1 saturated heterocycles. The molecule has 0 bridgehead atoms. The SMILES string of the molecule is CC(C(=O)NC(=O)NC1CCCCC1)N(C)CC(=O)N1CCC(O)CC1. The second-order valence-electron chi connectivity index (χ2n) is 7.50. The molecule has 148 valence electrons. The highest BCUT2D eigenvalue weighted by atomic mass is 16.3. The van der Waals surface area contributed by atoms with Crippen LogP contribution < -0.4 is 10.6 Å². The number of aliphatic hydroxyl groups excluding tert-OH is 1. The van der Waals surface area contributed by atoms with Gasteiger partial charge in [0, 0.05) is 19.1 Å². The first-order valence-corrected chi connectivity index (χ1v) is 9.64. The number of likely N-dealkylation sites (N-methyl/N-ethyl adjacent to an activating group) is 1. The van der Waals surface area contributed by atoms with Crippen LogP contribution in [0.2, 0.25) is 0 Å². The van der Waals surface area contributed by atoms with E-state index in [2.05, 4.69) is 10.6 Å². The van der Waals surface area contributed by atoms with E-state index in [0.29, 0.717) is 25.9 Å². The molecule has 2 fully saturated rings. The highest BCUT2D eigenvalue weighted by molar-refractivity contribution is 5.97. The second kappa shape index (κ2) is 9.87. The summed E-state index contributed by atoms with van der Waals surface area (Å²) in [5, 5.41) is 14.7. The first-order valence-electron chi connectivity index (χ1n) is 9.64. The number of carbonyl (C=O) groups is 3. The quantitative estimate of drug-likeness (QED) is 0.654. The Balaban J connectivity index is 1.73. The minimum Gasteiger partial charge on any atom is -0.393 e. The monoisotopic (exact) mass is 368 g/mol. The van der Waals surface area contributed by atoms with Gasteiger partial charge >= 0.3 is 6.03 Å². The van der Waals surface area contributed by atoms with E-state index in [1.54, 1.807) is 23.8 Å². The zero-order valence-electron chi connectivity index (χ0n) is 15.9. The lowest BCUT2D eigenvalue weighted by atomic mass is 9.96. The number of urea groups is 1. The van der Waals surface area contributed by atoms with Gasteiger partial charge in [0.2, 0.25) is 11.8 Å². The minimum absolute atomic E-state index is 0.0642. The Morgan fingerprint density at radius 3 is 2.35 bits per heavy atom. The number of piperidine rings is 1. The van der Waals surface area contributed by atoms with Crippen molar-refractivity contribution < 1.29 is 19.5 Å². The van der Waals surface area contributed by atoms with Gasteiger partial charge in [-0.3, -0.25) is 19.8 Å². The summed E-state index contributed by atoms with van der Waals surface area (Å²) in [7, 11) is 1.69. The predicted molar refractivity (Wildman–Crippen MR) is 97.5 cm³/mol. The van der Waals surface area contributed by atoms with Crippen molar-refractivity contribution in [3.8, 4) is 0 Å². The zero-order chi connectivity index (χ0) is 19.1. The molecule has 4 amide bonds. The van der Waals surface area contributed by atoms with Gasteiger partial charge in [-0.1, -0.05) is 19.3 Å². The van der Waals surface area contributed by atoms with E-state index < -0.39 is 18.0 Å². The standard InChI is InChI=1S/C18H32N4O4/c1-13(17(25)20-18(26)19-14-6-4-3-5-7-14)21(2)12-16(24)22-10-8-15(23)9-11-22/h13-15,23H,3-12H2,1-2H3,(H2,19,20,25,26). The molecule has 8 heteroatoms. The van der Waals surface area contributed by atoms with E-state index in [9.17, 15) is 19.5 Å². The van der Waals surface area contributed by atoms with Crippen molar-refractivity contribution in [3.63, 3.8) is 0 Å². The van der Waals surface area contributed by atoms with Crippen LogP contribution in [0.5, 0.6) is 0 Å². The van der Waals surface area contributed by atoms with E-state index in [-0.39, 0.29) is 24.6 Å². The van der Waals surface area contributed by atoms with Gasteiger partial charge in [-0.15, -0.1) is 0 Å². The first-order chi connectivity index (χ1) is 12.4. The molecule has 0 spiro atoms. The van der Waals surface area contributed by atoms with Crippen molar-refractivity contribution in [2.45, 2.75) is 70.1 Å². The van der Waals surface area contributed by atoms with E-state index >= 15 is 0 Å². The van der Waals surface area contributed by atoms with Crippen LogP contribution in [0.4, 0.5) is 4.79 Å². The number of nitrogens with zero attached hydrogens (tertiary/aromatic N) is 2. The lowest BCUT2D eigenvalue weighted by molar-refractivity contribution is -0.135. The number of imide groups is 1. The van der Waals surface area contributed by atoms with Crippen LogP contribution in [-0.2, 0) is 9.59 Å². The lowest BCUT2D eigenvalue weighted by Crippen LogP contribution is -2.53. The van der Waals surface area contributed by atoms with Gasteiger partial charge in [-0.2, -0.15) is 0 Å². The van der Waals surface area contributed by atoms with Crippen LogP contribution in [0.3, 0.4) is 0 Å². The zero-order valence-corrected chi connectivity index (χ0v) is 15.9. The van der Waals surface area contributed by atoms with E-state index in [4.69, 9.17) is 0 Å². The molecule has 1 saturated carbocycles. The minimum atomic E-state index is -0.591. The van der Waals surface area contributed by atoms with Gasteiger partial charge in [0.25, 0.3) is 0 Å². The molecule has 2 rings (SSSR count). The Kier molecular flexibility index (Phi) is 7.84. The number of likely N-dealkylation sites (tertiary alicyclic amines) is 1. The van der Waals surface area contributed by atoms with Crippen molar-refractivity contribution in [2.75, 3.05) is 26.7 Å². The summed E-state index contributed by atoms with van der Waals surface area (Å²) in [5.74, 6) is -0.478. The number of nitrogens with one attached hydrogen (secondary N) is 2. The maximum absolute atomic E-state index is 12.3. The summed E-state index contributed by atoms with van der Waals surface area (Å²) in [5.41, 5.74) is 0.